The van der Waals surface area contributed by atoms with Crippen molar-refractivity contribution in [1.82, 2.24) is 0 Å². The number of halogens is 1. The number of ether oxygens (including phenoxy) is 3. The summed E-state index contributed by atoms with van der Waals surface area (Å²) in [7, 11) is 1.61. The first-order chi connectivity index (χ1) is 9.69. The number of benzene rings is 1. The summed E-state index contributed by atoms with van der Waals surface area (Å²) < 4.78 is 15.7. The van der Waals surface area contributed by atoms with E-state index < -0.39 is 6.10 Å². The van der Waals surface area contributed by atoms with Crippen LogP contribution in [0.4, 0.5) is 0 Å². The Kier molecular flexibility index (Phi) is 5.00. The molecule has 2 unspecified atom stereocenters. The van der Waals surface area contributed by atoms with Crippen molar-refractivity contribution in [1.29, 1.82) is 0 Å². The van der Waals surface area contributed by atoms with Crippen molar-refractivity contribution in [2.75, 3.05) is 19.0 Å². The molecule has 0 aromatic heterocycles. The van der Waals surface area contributed by atoms with Gasteiger partial charge in [-0.25, -0.2) is 9.79 Å². The standard InChI is InChI=1S/C14H16BrNO4/c1-3-19-14(17)12-11(8-15)16-13(20-12)9-4-6-10(18-2)7-5-9/h4-7,11-12H,3,8H2,1-2H3. The average Bonchev–Trinajstić information content (AvgIpc) is 2.92. The van der Waals surface area contributed by atoms with Gasteiger partial charge in [0.1, 0.15) is 11.8 Å². The van der Waals surface area contributed by atoms with Gasteiger partial charge in [-0.15, -0.1) is 0 Å². The van der Waals surface area contributed by atoms with Crippen LogP contribution in [0.5, 0.6) is 5.75 Å². The van der Waals surface area contributed by atoms with E-state index in [-0.39, 0.29) is 12.0 Å². The lowest BCUT2D eigenvalue weighted by Crippen LogP contribution is -2.34. The minimum absolute atomic E-state index is 0.272. The second-order valence-electron chi connectivity index (χ2n) is 4.17. The molecule has 0 aliphatic carbocycles. The number of hydrogen-bond donors (Lipinski definition) is 0. The number of rotatable bonds is 5. The third kappa shape index (κ3) is 3.12. The Morgan fingerprint density at radius 3 is 2.65 bits per heavy atom. The number of carbonyl (C=O) groups is 1. The van der Waals surface area contributed by atoms with Gasteiger partial charge in [-0.3, -0.25) is 0 Å². The summed E-state index contributed by atoms with van der Waals surface area (Å²) in [4.78, 5) is 16.3. The Morgan fingerprint density at radius 1 is 1.40 bits per heavy atom. The van der Waals surface area contributed by atoms with Gasteiger partial charge >= 0.3 is 5.97 Å². The van der Waals surface area contributed by atoms with Crippen molar-refractivity contribution in [3.8, 4) is 5.75 Å². The second kappa shape index (κ2) is 6.74. The number of carbonyl (C=O) groups excluding carboxylic acids is 1. The molecule has 0 radical (unpaired) electrons. The first kappa shape index (κ1) is 14.8. The van der Waals surface area contributed by atoms with Gasteiger partial charge in [0, 0.05) is 10.9 Å². The zero-order chi connectivity index (χ0) is 14.5. The lowest BCUT2D eigenvalue weighted by Gasteiger charge is -2.14. The van der Waals surface area contributed by atoms with E-state index in [1.807, 2.05) is 24.3 Å². The van der Waals surface area contributed by atoms with Gasteiger partial charge < -0.3 is 14.2 Å². The number of nitrogens with zero attached hydrogens (tertiary/aromatic N) is 1. The maximum atomic E-state index is 11.8. The van der Waals surface area contributed by atoms with Crippen molar-refractivity contribution in [2.45, 2.75) is 19.1 Å². The maximum absolute atomic E-state index is 11.8. The van der Waals surface area contributed by atoms with Crippen molar-refractivity contribution < 1.29 is 19.0 Å². The third-order valence-corrected chi connectivity index (χ3v) is 3.55. The Balaban J connectivity index is 2.15. The van der Waals surface area contributed by atoms with E-state index in [9.17, 15) is 4.79 Å². The first-order valence-corrected chi connectivity index (χ1v) is 7.43. The molecule has 1 aromatic rings. The molecule has 0 saturated carbocycles. The summed E-state index contributed by atoms with van der Waals surface area (Å²) in [5.74, 6) is 0.825. The van der Waals surface area contributed by atoms with Gasteiger partial charge in [0.05, 0.1) is 13.7 Å². The van der Waals surface area contributed by atoms with Gasteiger partial charge in [-0.2, -0.15) is 0 Å². The molecule has 1 heterocycles. The van der Waals surface area contributed by atoms with E-state index in [2.05, 4.69) is 20.9 Å². The fraction of sp³-hybridized carbons (Fsp3) is 0.429. The molecule has 0 bridgehead atoms. The molecule has 108 valence electrons. The molecule has 0 saturated heterocycles. The van der Waals surface area contributed by atoms with Crippen LogP contribution in [-0.2, 0) is 14.3 Å². The largest absolute Gasteiger partial charge is 0.497 e. The van der Waals surface area contributed by atoms with Crippen molar-refractivity contribution in [2.24, 2.45) is 4.99 Å². The van der Waals surface area contributed by atoms with Gasteiger partial charge in [-0.05, 0) is 31.2 Å². The number of esters is 1. The molecule has 5 nitrogen and oxygen atoms in total. The predicted octanol–water partition coefficient (Wildman–Crippen LogP) is 2.17. The first-order valence-electron chi connectivity index (χ1n) is 6.31. The smallest absolute Gasteiger partial charge is 0.349 e. The van der Waals surface area contributed by atoms with Gasteiger partial charge in [0.25, 0.3) is 0 Å². The van der Waals surface area contributed by atoms with Crippen LogP contribution in [0.1, 0.15) is 12.5 Å². The minimum Gasteiger partial charge on any atom is -0.497 e. The highest BCUT2D eigenvalue weighted by molar-refractivity contribution is 9.09. The molecular weight excluding hydrogens is 326 g/mol. The number of aliphatic imine (C=N–C) groups is 1. The maximum Gasteiger partial charge on any atom is 0.349 e. The van der Waals surface area contributed by atoms with Crippen molar-refractivity contribution in [3.05, 3.63) is 29.8 Å². The summed E-state index contributed by atoms with van der Waals surface area (Å²) in [6.07, 6.45) is -0.688. The molecule has 1 aromatic carbocycles. The fourth-order valence-corrected chi connectivity index (χ4v) is 2.35. The molecular formula is C14H16BrNO4. The Hall–Kier alpha value is -1.56. The van der Waals surface area contributed by atoms with Crippen LogP contribution in [0.3, 0.4) is 0 Å². The number of alkyl halides is 1. The molecule has 2 atom stereocenters. The normalized spacial score (nSPS) is 21.1. The monoisotopic (exact) mass is 341 g/mol. The van der Waals surface area contributed by atoms with E-state index in [1.165, 1.54) is 0 Å². The van der Waals surface area contributed by atoms with E-state index in [0.717, 1.165) is 11.3 Å². The van der Waals surface area contributed by atoms with Crippen LogP contribution >= 0.6 is 15.9 Å². The highest BCUT2D eigenvalue weighted by Crippen LogP contribution is 2.22. The summed E-state index contributed by atoms with van der Waals surface area (Å²) in [6, 6.07) is 7.06. The Morgan fingerprint density at radius 2 is 2.10 bits per heavy atom. The molecule has 0 fully saturated rings. The van der Waals surface area contributed by atoms with E-state index in [1.54, 1.807) is 14.0 Å². The van der Waals surface area contributed by atoms with Crippen LogP contribution in [0, 0.1) is 0 Å². The molecule has 1 aliphatic heterocycles. The van der Waals surface area contributed by atoms with Crippen molar-refractivity contribution >= 4 is 27.8 Å². The molecule has 6 heteroatoms. The quantitative estimate of drug-likeness (QED) is 0.608. The van der Waals surface area contributed by atoms with E-state index in [0.29, 0.717) is 17.8 Å². The lowest BCUT2D eigenvalue weighted by atomic mass is 10.2. The van der Waals surface area contributed by atoms with Crippen LogP contribution in [0.25, 0.3) is 0 Å². The zero-order valence-electron chi connectivity index (χ0n) is 11.3. The van der Waals surface area contributed by atoms with E-state index >= 15 is 0 Å². The number of methoxy groups -OCH3 is 1. The number of hydrogen-bond acceptors (Lipinski definition) is 5. The predicted molar refractivity (Wildman–Crippen MR) is 78.6 cm³/mol. The van der Waals surface area contributed by atoms with Gasteiger partial charge in [0.15, 0.2) is 0 Å². The van der Waals surface area contributed by atoms with Crippen LogP contribution in [-0.4, -0.2) is 43.1 Å². The van der Waals surface area contributed by atoms with Crippen LogP contribution in [0.15, 0.2) is 29.3 Å². The lowest BCUT2D eigenvalue weighted by molar-refractivity contribution is -0.151. The highest BCUT2D eigenvalue weighted by atomic mass is 79.9. The molecule has 20 heavy (non-hydrogen) atoms. The molecule has 0 amide bonds. The van der Waals surface area contributed by atoms with Crippen molar-refractivity contribution in [3.63, 3.8) is 0 Å². The third-order valence-electron chi connectivity index (χ3n) is 2.89. The summed E-state index contributed by atoms with van der Waals surface area (Å²) in [6.45, 7) is 2.09. The minimum atomic E-state index is -0.688. The topological polar surface area (TPSA) is 57.1 Å². The SMILES string of the molecule is CCOC(=O)C1OC(c2ccc(OC)cc2)=NC1CBr. The molecule has 0 N–H and O–H groups in total. The van der Waals surface area contributed by atoms with E-state index in [4.69, 9.17) is 14.2 Å². The van der Waals surface area contributed by atoms with Gasteiger partial charge in [-0.1, -0.05) is 15.9 Å². The summed E-state index contributed by atoms with van der Waals surface area (Å²) >= 11 is 3.34. The average molecular weight is 342 g/mol. The molecule has 2 rings (SSSR count). The fourth-order valence-electron chi connectivity index (χ4n) is 1.87. The van der Waals surface area contributed by atoms with Gasteiger partial charge in [0.2, 0.25) is 12.0 Å². The van der Waals surface area contributed by atoms with Crippen LogP contribution in [0.2, 0.25) is 0 Å². The Labute approximate surface area is 126 Å². The molecule has 0 spiro atoms. The van der Waals surface area contributed by atoms with Crippen LogP contribution < -0.4 is 4.74 Å². The highest BCUT2D eigenvalue weighted by Gasteiger charge is 2.37. The molecule has 1 aliphatic rings. The second-order valence-corrected chi connectivity index (χ2v) is 4.82. The summed E-state index contributed by atoms with van der Waals surface area (Å²) in [5, 5.41) is 0.538. The zero-order valence-corrected chi connectivity index (χ0v) is 12.9. The summed E-state index contributed by atoms with van der Waals surface area (Å²) in [5.41, 5.74) is 0.809. The Bertz CT molecular complexity index is 500.